The second-order valence-electron chi connectivity index (χ2n) is 5.23. The van der Waals surface area contributed by atoms with Gasteiger partial charge in [0.2, 0.25) is 5.88 Å². The molecule has 6 nitrogen and oxygen atoms in total. The molecule has 2 heterocycles. The Morgan fingerprint density at radius 2 is 2.08 bits per heavy atom. The lowest BCUT2D eigenvalue weighted by molar-refractivity contribution is 0.326. The summed E-state index contributed by atoms with van der Waals surface area (Å²) in [5.41, 5.74) is 2.15. The average molecular weight is 475 g/mol. The molecule has 2 aromatic heterocycles. The van der Waals surface area contributed by atoms with E-state index in [2.05, 4.69) is 32.5 Å². The van der Waals surface area contributed by atoms with E-state index in [1.165, 1.54) is 4.88 Å². The highest BCUT2D eigenvalue weighted by molar-refractivity contribution is 14.0. The van der Waals surface area contributed by atoms with Crippen LogP contribution in [0.1, 0.15) is 35.0 Å². The molecule has 0 saturated carbocycles. The zero-order chi connectivity index (χ0) is 17.4. The van der Waals surface area contributed by atoms with E-state index in [0.717, 1.165) is 35.3 Å². The molecule has 2 aromatic rings. The number of nitrogens with zero attached hydrogens (tertiary/aromatic N) is 3. The molecule has 0 fully saturated rings. The highest BCUT2D eigenvalue weighted by atomic mass is 127. The van der Waals surface area contributed by atoms with Gasteiger partial charge in [-0.1, -0.05) is 0 Å². The first-order chi connectivity index (χ1) is 11.6. The zero-order valence-electron chi connectivity index (χ0n) is 15.1. The molecule has 0 aliphatic rings. The summed E-state index contributed by atoms with van der Waals surface area (Å²) in [4.78, 5) is 14.5. The Morgan fingerprint density at radius 1 is 1.28 bits per heavy atom. The fourth-order valence-electron chi connectivity index (χ4n) is 2.19. The van der Waals surface area contributed by atoms with Crippen LogP contribution in [0.4, 0.5) is 0 Å². The van der Waals surface area contributed by atoms with Crippen LogP contribution in [0.15, 0.2) is 23.3 Å². The average Bonchev–Trinajstić information content (AvgIpc) is 2.88. The van der Waals surface area contributed by atoms with Crippen molar-refractivity contribution in [2.75, 3.05) is 13.2 Å². The molecule has 0 aliphatic carbocycles. The van der Waals surface area contributed by atoms with Crippen LogP contribution < -0.4 is 15.4 Å². The topological polar surface area (TPSA) is 71.4 Å². The third kappa shape index (κ3) is 7.15. The summed E-state index contributed by atoms with van der Waals surface area (Å²) in [6.45, 7) is 10.8. The van der Waals surface area contributed by atoms with E-state index in [0.29, 0.717) is 19.0 Å². The summed E-state index contributed by atoms with van der Waals surface area (Å²) in [6, 6.07) is 3.87. The molecule has 0 amide bonds. The first-order valence-corrected chi connectivity index (χ1v) is 8.96. The number of aromatic nitrogens is 2. The first-order valence-electron chi connectivity index (χ1n) is 8.15. The molecule has 0 bridgehead atoms. The zero-order valence-corrected chi connectivity index (χ0v) is 18.3. The summed E-state index contributed by atoms with van der Waals surface area (Å²) in [5, 5.41) is 7.72. The van der Waals surface area contributed by atoms with Crippen molar-refractivity contribution in [2.45, 2.75) is 40.8 Å². The van der Waals surface area contributed by atoms with E-state index in [9.17, 15) is 0 Å². The molecule has 2 N–H and O–H groups in total. The maximum absolute atomic E-state index is 5.43. The molecule has 8 heteroatoms. The van der Waals surface area contributed by atoms with Gasteiger partial charge in [-0.3, -0.25) is 0 Å². The van der Waals surface area contributed by atoms with Gasteiger partial charge in [0.1, 0.15) is 0 Å². The molecule has 0 saturated heterocycles. The van der Waals surface area contributed by atoms with Crippen LogP contribution in [-0.4, -0.2) is 29.1 Å². The minimum Gasteiger partial charge on any atom is -0.478 e. The van der Waals surface area contributed by atoms with Crippen LogP contribution in [0.2, 0.25) is 0 Å². The Kier molecular flexibility index (Phi) is 9.73. The molecule has 0 unspecified atom stereocenters. The van der Waals surface area contributed by atoms with Gasteiger partial charge in [0.25, 0.3) is 0 Å². The molecular weight excluding hydrogens is 449 g/mol. The van der Waals surface area contributed by atoms with Crippen molar-refractivity contribution in [2.24, 2.45) is 4.99 Å². The minimum absolute atomic E-state index is 0. The highest BCUT2D eigenvalue weighted by Gasteiger charge is 2.06. The van der Waals surface area contributed by atoms with Crippen LogP contribution in [-0.2, 0) is 13.1 Å². The molecular formula is C17H26IN5OS. The molecule has 0 radical (unpaired) electrons. The Balaban J connectivity index is 0.00000312. The summed E-state index contributed by atoms with van der Waals surface area (Å²) >= 11 is 1.72. The lowest BCUT2D eigenvalue weighted by atomic mass is 10.3. The molecule has 0 atom stereocenters. The smallest absolute Gasteiger partial charge is 0.213 e. The van der Waals surface area contributed by atoms with Crippen molar-refractivity contribution in [1.29, 1.82) is 0 Å². The van der Waals surface area contributed by atoms with Gasteiger partial charge in [0, 0.05) is 23.7 Å². The van der Waals surface area contributed by atoms with Gasteiger partial charge >= 0.3 is 0 Å². The summed E-state index contributed by atoms with van der Waals surface area (Å²) < 4.78 is 5.43. The van der Waals surface area contributed by atoms with Gasteiger partial charge in [0.05, 0.1) is 30.4 Å². The van der Waals surface area contributed by atoms with Crippen molar-refractivity contribution in [3.8, 4) is 5.88 Å². The first kappa shape index (κ1) is 21.6. The lowest BCUT2D eigenvalue weighted by Crippen LogP contribution is -2.36. The second kappa shape index (κ2) is 11.2. The van der Waals surface area contributed by atoms with Gasteiger partial charge in [-0.2, -0.15) is 0 Å². The van der Waals surface area contributed by atoms with E-state index in [4.69, 9.17) is 4.74 Å². The number of thiazole rings is 1. The Hall–Kier alpha value is -1.42. The van der Waals surface area contributed by atoms with Crippen molar-refractivity contribution in [1.82, 2.24) is 20.6 Å². The third-order valence-corrected chi connectivity index (χ3v) is 4.34. The normalized spacial score (nSPS) is 11.0. The minimum atomic E-state index is 0. The summed E-state index contributed by atoms with van der Waals surface area (Å²) in [5.74, 6) is 1.43. The number of guanidine groups is 1. The number of hydrogen-bond donors (Lipinski definition) is 2. The van der Waals surface area contributed by atoms with E-state index < -0.39 is 0 Å². The van der Waals surface area contributed by atoms with Crippen LogP contribution >= 0.6 is 35.3 Å². The summed E-state index contributed by atoms with van der Waals surface area (Å²) in [6.07, 6.45) is 1.75. The highest BCUT2D eigenvalue weighted by Crippen LogP contribution is 2.16. The van der Waals surface area contributed by atoms with Gasteiger partial charge in [-0.05, 0) is 39.3 Å². The maximum atomic E-state index is 5.43. The van der Waals surface area contributed by atoms with Crippen molar-refractivity contribution < 1.29 is 4.74 Å². The number of hydrogen-bond acceptors (Lipinski definition) is 5. The number of nitrogens with one attached hydrogen (secondary N) is 2. The number of rotatable bonds is 7. The van der Waals surface area contributed by atoms with Gasteiger partial charge < -0.3 is 15.4 Å². The number of ether oxygens (including phenoxy) is 1. The Bertz CT molecular complexity index is 689. The van der Waals surface area contributed by atoms with E-state index in [1.54, 1.807) is 17.5 Å². The van der Waals surface area contributed by atoms with E-state index in [1.807, 2.05) is 32.9 Å². The molecule has 25 heavy (non-hydrogen) atoms. The molecule has 0 aliphatic heterocycles. The maximum Gasteiger partial charge on any atom is 0.213 e. The van der Waals surface area contributed by atoms with Crippen LogP contribution in [0.5, 0.6) is 5.88 Å². The number of aryl methyl sites for hydroxylation is 2. The predicted molar refractivity (Wildman–Crippen MR) is 114 cm³/mol. The van der Waals surface area contributed by atoms with Crippen molar-refractivity contribution in [3.05, 3.63) is 39.5 Å². The molecule has 138 valence electrons. The third-order valence-electron chi connectivity index (χ3n) is 3.27. The summed E-state index contributed by atoms with van der Waals surface area (Å²) in [7, 11) is 0. The molecule has 0 spiro atoms. The quantitative estimate of drug-likeness (QED) is 0.365. The van der Waals surface area contributed by atoms with Gasteiger partial charge in [-0.25, -0.2) is 15.0 Å². The molecule has 2 rings (SSSR count). The number of pyridine rings is 1. The fourth-order valence-corrected chi connectivity index (χ4v) is 3.07. The van der Waals surface area contributed by atoms with Crippen LogP contribution in [0.3, 0.4) is 0 Å². The monoisotopic (exact) mass is 475 g/mol. The lowest BCUT2D eigenvalue weighted by Gasteiger charge is -2.11. The molecule has 0 aromatic carbocycles. The standard InChI is InChI=1S/C17H25N5OS.HI/c1-5-18-17(21-11-15-12(3)22-13(4)24-15)20-10-14-7-8-19-16(9-14)23-6-2;/h7-9H,5-6,10-11H2,1-4H3,(H2,18,20,21);1H. The number of halogens is 1. The SMILES string of the molecule is CCNC(=NCc1ccnc(OCC)c1)NCc1sc(C)nc1C.I. The van der Waals surface area contributed by atoms with Crippen LogP contribution in [0.25, 0.3) is 0 Å². The Morgan fingerprint density at radius 3 is 2.72 bits per heavy atom. The fraction of sp³-hybridized carbons (Fsp3) is 0.471. The van der Waals surface area contributed by atoms with Crippen molar-refractivity contribution >= 4 is 41.3 Å². The van der Waals surface area contributed by atoms with Crippen LogP contribution in [0, 0.1) is 13.8 Å². The van der Waals surface area contributed by atoms with Crippen molar-refractivity contribution in [3.63, 3.8) is 0 Å². The Labute approximate surface area is 170 Å². The van der Waals surface area contributed by atoms with E-state index in [-0.39, 0.29) is 24.0 Å². The van der Waals surface area contributed by atoms with E-state index >= 15 is 0 Å². The van der Waals surface area contributed by atoms with Gasteiger partial charge in [0.15, 0.2) is 5.96 Å². The predicted octanol–water partition coefficient (Wildman–Crippen LogP) is 3.43. The largest absolute Gasteiger partial charge is 0.478 e. The number of aliphatic imine (C=N–C) groups is 1. The second-order valence-corrected chi connectivity index (χ2v) is 6.51. The van der Waals surface area contributed by atoms with Gasteiger partial charge in [-0.15, -0.1) is 35.3 Å².